The van der Waals surface area contributed by atoms with Crippen molar-refractivity contribution >= 4 is 16.8 Å². The Morgan fingerprint density at radius 1 is 1.19 bits per heavy atom. The maximum Gasteiger partial charge on any atom is 0.261 e. The molecule has 3 aromatic rings. The summed E-state index contributed by atoms with van der Waals surface area (Å²) in [5.41, 5.74) is 1.38. The Balaban J connectivity index is 1.39. The van der Waals surface area contributed by atoms with E-state index in [0.717, 1.165) is 16.9 Å². The molecular weight excluding hydrogens is 394 g/mol. The number of carbonyl (C=O) groups excluding carboxylic acids is 1. The van der Waals surface area contributed by atoms with E-state index in [2.05, 4.69) is 4.98 Å². The summed E-state index contributed by atoms with van der Waals surface area (Å²) in [5.74, 6) is 0.841. The Hall–Kier alpha value is -3.19. The molecule has 0 unspecified atom stereocenters. The van der Waals surface area contributed by atoms with E-state index in [1.54, 1.807) is 30.2 Å². The average Bonchev–Trinajstić information content (AvgIpc) is 2.76. The maximum atomic E-state index is 12.8. The fraction of sp³-hybridized carbons (Fsp3) is 0.375. The van der Waals surface area contributed by atoms with Gasteiger partial charge >= 0.3 is 0 Å². The first kappa shape index (κ1) is 21.1. The van der Waals surface area contributed by atoms with Crippen LogP contribution in [0.2, 0.25) is 0 Å². The molecule has 0 aliphatic carbocycles. The van der Waals surface area contributed by atoms with Crippen molar-refractivity contribution in [1.29, 1.82) is 0 Å². The third-order valence-electron chi connectivity index (χ3n) is 6.06. The molecule has 1 aromatic heterocycles. The monoisotopic (exact) mass is 421 g/mol. The van der Waals surface area contributed by atoms with Crippen molar-refractivity contribution in [2.45, 2.75) is 38.3 Å². The van der Waals surface area contributed by atoms with E-state index in [1.807, 2.05) is 31.2 Å². The number of aryl methyl sites for hydroxylation is 1. The summed E-state index contributed by atoms with van der Waals surface area (Å²) in [4.78, 5) is 31.6. The van der Waals surface area contributed by atoms with E-state index >= 15 is 0 Å². The number of rotatable bonds is 5. The zero-order valence-corrected chi connectivity index (χ0v) is 17.9. The fourth-order valence-corrected chi connectivity index (χ4v) is 4.20. The Morgan fingerprint density at radius 2 is 1.94 bits per heavy atom. The van der Waals surface area contributed by atoms with Gasteiger partial charge in [-0.2, -0.15) is 0 Å². The first-order valence-corrected chi connectivity index (χ1v) is 10.5. The summed E-state index contributed by atoms with van der Waals surface area (Å²) < 4.78 is 6.75. The number of carbonyl (C=O) groups is 1. The molecule has 1 aliphatic heterocycles. The number of aliphatic hydroxyl groups is 1. The van der Waals surface area contributed by atoms with Gasteiger partial charge in [0.25, 0.3) is 5.56 Å². The van der Waals surface area contributed by atoms with Crippen molar-refractivity contribution in [1.82, 2.24) is 14.5 Å². The summed E-state index contributed by atoms with van der Waals surface area (Å²) in [5, 5.41) is 11.6. The van der Waals surface area contributed by atoms with Crippen LogP contribution < -0.4 is 10.3 Å². The summed E-state index contributed by atoms with van der Waals surface area (Å²) in [7, 11) is 1.63. The summed E-state index contributed by atoms with van der Waals surface area (Å²) in [6.07, 6.45) is 2.64. The highest BCUT2D eigenvalue weighted by Gasteiger charge is 2.34. The molecule has 162 valence electrons. The van der Waals surface area contributed by atoms with Crippen LogP contribution in [0.3, 0.4) is 0 Å². The number of fused-ring (bicyclic) bond motifs is 1. The van der Waals surface area contributed by atoms with E-state index in [9.17, 15) is 14.7 Å². The number of ether oxygens (including phenoxy) is 1. The number of para-hydroxylation sites is 1. The van der Waals surface area contributed by atoms with Gasteiger partial charge in [-0.3, -0.25) is 14.2 Å². The molecule has 1 aliphatic rings. The Labute approximate surface area is 180 Å². The van der Waals surface area contributed by atoms with Crippen LogP contribution in [-0.4, -0.2) is 51.3 Å². The van der Waals surface area contributed by atoms with E-state index in [1.165, 1.54) is 10.9 Å². The van der Waals surface area contributed by atoms with E-state index in [0.29, 0.717) is 43.3 Å². The van der Waals surface area contributed by atoms with Gasteiger partial charge in [0.05, 0.1) is 42.9 Å². The predicted octanol–water partition coefficient (Wildman–Crippen LogP) is 2.31. The van der Waals surface area contributed by atoms with Gasteiger partial charge in [-0.25, -0.2) is 4.98 Å². The lowest BCUT2D eigenvalue weighted by molar-refractivity contribution is -0.135. The van der Waals surface area contributed by atoms with Crippen molar-refractivity contribution in [2.75, 3.05) is 20.2 Å². The van der Waals surface area contributed by atoms with Gasteiger partial charge in [-0.05, 0) is 49.1 Å². The molecule has 1 fully saturated rings. The van der Waals surface area contributed by atoms with E-state index < -0.39 is 5.60 Å². The lowest BCUT2D eigenvalue weighted by Crippen LogP contribution is -2.50. The minimum Gasteiger partial charge on any atom is -0.496 e. The number of aromatic nitrogens is 2. The second kappa shape index (κ2) is 8.51. The molecule has 2 heterocycles. The molecule has 1 amide bonds. The number of piperidine rings is 1. The highest BCUT2D eigenvalue weighted by molar-refractivity contribution is 5.79. The topological polar surface area (TPSA) is 84.7 Å². The van der Waals surface area contributed by atoms with Crippen LogP contribution in [0.15, 0.2) is 53.6 Å². The van der Waals surface area contributed by atoms with Crippen LogP contribution in [0.5, 0.6) is 5.75 Å². The zero-order chi connectivity index (χ0) is 22.0. The van der Waals surface area contributed by atoms with Crippen molar-refractivity contribution in [3.63, 3.8) is 0 Å². The minimum absolute atomic E-state index is 0.0381. The second-order valence-electron chi connectivity index (χ2n) is 8.28. The molecule has 0 saturated carbocycles. The highest BCUT2D eigenvalue weighted by atomic mass is 16.5. The normalized spacial score (nSPS) is 15.8. The largest absolute Gasteiger partial charge is 0.496 e. The quantitative estimate of drug-likeness (QED) is 0.683. The third kappa shape index (κ3) is 4.46. The number of amides is 1. The van der Waals surface area contributed by atoms with Crippen LogP contribution in [0, 0.1) is 6.92 Å². The van der Waals surface area contributed by atoms with Gasteiger partial charge in [-0.15, -0.1) is 0 Å². The molecule has 0 atom stereocenters. The molecule has 2 aromatic carbocycles. The van der Waals surface area contributed by atoms with Crippen LogP contribution in [0.25, 0.3) is 10.9 Å². The molecule has 1 saturated heterocycles. The Bertz CT molecular complexity index is 1160. The number of nitrogens with zero attached hydrogens (tertiary/aromatic N) is 3. The number of benzene rings is 2. The highest BCUT2D eigenvalue weighted by Crippen LogP contribution is 2.25. The van der Waals surface area contributed by atoms with Crippen molar-refractivity contribution < 1.29 is 14.6 Å². The Morgan fingerprint density at radius 3 is 2.65 bits per heavy atom. The lowest BCUT2D eigenvalue weighted by Gasteiger charge is -2.38. The standard InChI is InChI=1S/C24H27N3O4/c1-17-13-18(7-8-21(17)31-2)14-22(28)26-11-9-24(30,10-12-26)15-27-16-25-20-6-4-3-5-19(20)23(27)29/h3-8,13,16,30H,9-12,14-15H2,1-2H3. The minimum atomic E-state index is -1.04. The van der Waals surface area contributed by atoms with Gasteiger partial charge in [-0.1, -0.05) is 24.3 Å². The van der Waals surface area contributed by atoms with Gasteiger partial charge in [0, 0.05) is 13.1 Å². The van der Waals surface area contributed by atoms with Gasteiger partial charge in [0.1, 0.15) is 5.75 Å². The van der Waals surface area contributed by atoms with E-state index in [4.69, 9.17) is 4.74 Å². The summed E-state index contributed by atoms with van der Waals surface area (Å²) >= 11 is 0. The van der Waals surface area contributed by atoms with Crippen LogP contribution >= 0.6 is 0 Å². The SMILES string of the molecule is COc1ccc(CC(=O)N2CCC(O)(Cn3cnc4ccccc4c3=O)CC2)cc1C. The van der Waals surface area contributed by atoms with Gasteiger partial charge < -0.3 is 14.7 Å². The van der Waals surface area contributed by atoms with Crippen molar-refractivity contribution in [3.8, 4) is 5.75 Å². The average molecular weight is 421 g/mol. The molecule has 7 heteroatoms. The van der Waals surface area contributed by atoms with Crippen molar-refractivity contribution in [2.24, 2.45) is 0 Å². The molecule has 0 bridgehead atoms. The number of hydrogen-bond donors (Lipinski definition) is 1. The molecular formula is C24H27N3O4. The fourth-order valence-electron chi connectivity index (χ4n) is 4.20. The van der Waals surface area contributed by atoms with Gasteiger partial charge in [0.2, 0.25) is 5.91 Å². The lowest BCUT2D eigenvalue weighted by atomic mass is 9.91. The molecule has 0 spiro atoms. The number of methoxy groups -OCH3 is 1. The van der Waals surface area contributed by atoms with E-state index in [-0.39, 0.29) is 18.0 Å². The number of hydrogen-bond acceptors (Lipinski definition) is 5. The summed E-state index contributed by atoms with van der Waals surface area (Å²) in [6, 6.07) is 12.9. The number of likely N-dealkylation sites (tertiary alicyclic amines) is 1. The predicted molar refractivity (Wildman–Crippen MR) is 118 cm³/mol. The second-order valence-corrected chi connectivity index (χ2v) is 8.28. The molecule has 0 radical (unpaired) electrons. The maximum absolute atomic E-state index is 12.8. The van der Waals surface area contributed by atoms with Crippen LogP contribution in [0.1, 0.15) is 24.0 Å². The molecule has 7 nitrogen and oxygen atoms in total. The van der Waals surface area contributed by atoms with Crippen LogP contribution in [-0.2, 0) is 17.8 Å². The smallest absolute Gasteiger partial charge is 0.261 e. The molecule has 31 heavy (non-hydrogen) atoms. The Kier molecular flexibility index (Phi) is 5.78. The first-order chi connectivity index (χ1) is 14.9. The van der Waals surface area contributed by atoms with Crippen molar-refractivity contribution in [3.05, 3.63) is 70.3 Å². The first-order valence-electron chi connectivity index (χ1n) is 10.5. The zero-order valence-electron chi connectivity index (χ0n) is 17.9. The van der Waals surface area contributed by atoms with Crippen LogP contribution in [0.4, 0.5) is 0 Å². The molecule has 1 N–H and O–H groups in total. The summed E-state index contributed by atoms with van der Waals surface area (Å²) in [6.45, 7) is 3.04. The van der Waals surface area contributed by atoms with Gasteiger partial charge in [0.15, 0.2) is 0 Å². The third-order valence-corrected chi connectivity index (χ3v) is 6.06. The molecule has 4 rings (SSSR count).